The number of ether oxygens (including phenoxy) is 2. The molecule has 0 bridgehead atoms. The largest absolute Gasteiger partial charge is 0.497 e. The number of para-hydroxylation sites is 1. The SMILES string of the molecule is COC(=O)c1ccccc1NC(=O)CSc1c(=O)o[nH][n+]1-c1ccc(OC)cc1. The van der Waals surface area contributed by atoms with Gasteiger partial charge in [0.2, 0.25) is 11.6 Å². The molecular formula is C19H18N3O6S+. The number of carbonyl (C=O) groups excluding carboxylic acids is 2. The number of nitrogens with zero attached hydrogens (tertiary/aromatic N) is 1. The minimum absolute atomic E-state index is 0.0751. The highest BCUT2D eigenvalue weighted by atomic mass is 32.2. The zero-order valence-corrected chi connectivity index (χ0v) is 16.4. The van der Waals surface area contributed by atoms with Crippen LogP contribution in [0.2, 0.25) is 0 Å². The van der Waals surface area contributed by atoms with E-state index in [1.54, 1.807) is 55.6 Å². The Morgan fingerprint density at radius 3 is 2.55 bits per heavy atom. The van der Waals surface area contributed by atoms with Gasteiger partial charge in [0, 0.05) is 12.1 Å². The van der Waals surface area contributed by atoms with Gasteiger partial charge >= 0.3 is 16.6 Å². The lowest BCUT2D eigenvalue weighted by Gasteiger charge is -2.08. The fraction of sp³-hybridized carbons (Fsp3) is 0.158. The molecular weight excluding hydrogens is 398 g/mol. The minimum atomic E-state index is -0.603. The fourth-order valence-corrected chi connectivity index (χ4v) is 3.26. The zero-order valence-electron chi connectivity index (χ0n) is 15.6. The molecule has 10 heteroatoms. The maximum Gasteiger partial charge on any atom is 0.442 e. The molecule has 0 unspecified atom stereocenters. The summed E-state index contributed by atoms with van der Waals surface area (Å²) in [4.78, 5) is 36.2. The molecule has 0 spiro atoms. The van der Waals surface area contributed by atoms with Gasteiger partial charge in [0.15, 0.2) is 0 Å². The van der Waals surface area contributed by atoms with Gasteiger partial charge in [-0.1, -0.05) is 12.1 Å². The number of esters is 1. The van der Waals surface area contributed by atoms with Crippen molar-refractivity contribution in [3.63, 3.8) is 0 Å². The van der Waals surface area contributed by atoms with E-state index in [1.165, 1.54) is 11.8 Å². The summed E-state index contributed by atoms with van der Waals surface area (Å²) in [5.74, 6) is -0.364. The third-order valence-corrected chi connectivity index (χ3v) is 4.91. The topological polar surface area (TPSA) is 115 Å². The summed E-state index contributed by atoms with van der Waals surface area (Å²) in [6, 6.07) is 13.4. The Hall–Kier alpha value is -3.53. The quantitative estimate of drug-likeness (QED) is 0.343. The van der Waals surface area contributed by atoms with Gasteiger partial charge in [-0.3, -0.25) is 9.32 Å². The van der Waals surface area contributed by atoms with Crippen molar-refractivity contribution in [3.8, 4) is 11.4 Å². The molecule has 0 saturated carbocycles. The minimum Gasteiger partial charge on any atom is -0.497 e. The van der Waals surface area contributed by atoms with Crippen LogP contribution in [0.3, 0.4) is 0 Å². The van der Waals surface area contributed by atoms with Crippen molar-refractivity contribution in [2.75, 3.05) is 25.3 Å². The van der Waals surface area contributed by atoms with Gasteiger partial charge in [-0.05, 0) is 46.0 Å². The Bertz CT molecular complexity index is 1070. The Labute approximate surface area is 169 Å². The smallest absolute Gasteiger partial charge is 0.442 e. The summed E-state index contributed by atoms with van der Waals surface area (Å²) < 4.78 is 16.1. The summed E-state index contributed by atoms with van der Waals surface area (Å²) in [5, 5.41) is 5.36. The molecule has 3 aromatic rings. The van der Waals surface area contributed by atoms with Crippen LogP contribution in [0, 0.1) is 0 Å². The highest BCUT2D eigenvalue weighted by Crippen LogP contribution is 2.18. The molecule has 1 heterocycles. The number of anilines is 1. The number of rotatable bonds is 7. The van der Waals surface area contributed by atoms with Crippen molar-refractivity contribution in [2.24, 2.45) is 0 Å². The third-order valence-electron chi connectivity index (χ3n) is 3.88. The normalized spacial score (nSPS) is 10.4. The van der Waals surface area contributed by atoms with E-state index in [0.717, 1.165) is 11.8 Å². The van der Waals surface area contributed by atoms with Crippen LogP contribution in [0.4, 0.5) is 5.69 Å². The van der Waals surface area contributed by atoms with Crippen molar-refractivity contribution in [1.82, 2.24) is 5.27 Å². The summed E-state index contributed by atoms with van der Waals surface area (Å²) in [7, 11) is 2.82. The van der Waals surface area contributed by atoms with Crippen LogP contribution in [0.15, 0.2) is 62.9 Å². The fourth-order valence-electron chi connectivity index (χ4n) is 2.49. The molecule has 3 rings (SSSR count). The number of nitrogens with one attached hydrogen (secondary N) is 2. The Morgan fingerprint density at radius 2 is 1.86 bits per heavy atom. The first-order chi connectivity index (χ1) is 14.0. The molecule has 0 atom stereocenters. The van der Waals surface area contributed by atoms with E-state index >= 15 is 0 Å². The van der Waals surface area contributed by atoms with Gasteiger partial charge in [-0.15, -0.1) is 0 Å². The number of hydrogen-bond donors (Lipinski definition) is 2. The van der Waals surface area contributed by atoms with Crippen molar-refractivity contribution < 1.29 is 28.3 Å². The lowest BCUT2D eigenvalue weighted by molar-refractivity contribution is -0.704. The number of aromatic amines is 1. The monoisotopic (exact) mass is 416 g/mol. The van der Waals surface area contributed by atoms with Gasteiger partial charge < -0.3 is 14.8 Å². The molecule has 2 aromatic carbocycles. The predicted octanol–water partition coefficient (Wildman–Crippen LogP) is 1.77. The summed E-state index contributed by atoms with van der Waals surface area (Å²) in [5.41, 5.74) is 0.598. The average molecular weight is 416 g/mol. The second kappa shape index (κ2) is 9.11. The van der Waals surface area contributed by atoms with Crippen molar-refractivity contribution in [1.29, 1.82) is 0 Å². The molecule has 2 N–H and O–H groups in total. The van der Waals surface area contributed by atoms with Gasteiger partial charge in [-0.2, -0.15) is 0 Å². The number of aromatic nitrogens is 2. The number of H-pyrrole nitrogens is 1. The molecule has 0 aliphatic rings. The van der Waals surface area contributed by atoms with Gasteiger partial charge in [0.05, 0.1) is 31.2 Å². The molecule has 1 amide bonds. The van der Waals surface area contributed by atoms with E-state index in [-0.39, 0.29) is 16.3 Å². The van der Waals surface area contributed by atoms with Crippen LogP contribution in [0.1, 0.15) is 10.4 Å². The molecule has 1 aromatic heterocycles. The molecule has 0 fully saturated rings. The van der Waals surface area contributed by atoms with Crippen LogP contribution in [0.25, 0.3) is 5.69 Å². The van der Waals surface area contributed by atoms with Crippen molar-refractivity contribution in [3.05, 3.63) is 64.5 Å². The highest BCUT2D eigenvalue weighted by molar-refractivity contribution is 7.99. The van der Waals surface area contributed by atoms with E-state index in [4.69, 9.17) is 14.0 Å². The maximum atomic E-state index is 12.4. The Kier molecular flexibility index (Phi) is 6.35. The first-order valence-electron chi connectivity index (χ1n) is 8.41. The predicted molar refractivity (Wildman–Crippen MR) is 105 cm³/mol. The number of amides is 1. The van der Waals surface area contributed by atoms with Crippen LogP contribution < -0.4 is 20.4 Å². The number of benzene rings is 2. The lowest BCUT2D eigenvalue weighted by atomic mass is 10.2. The molecule has 150 valence electrons. The van der Waals surface area contributed by atoms with Crippen molar-refractivity contribution in [2.45, 2.75) is 5.03 Å². The number of carbonyl (C=O) groups is 2. The second-order valence-corrected chi connectivity index (χ2v) is 6.66. The second-order valence-electron chi connectivity index (χ2n) is 5.69. The molecule has 0 aliphatic heterocycles. The molecule has 0 radical (unpaired) electrons. The van der Waals surface area contributed by atoms with Crippen LogP contribution >= 0.6 is 11.8 Å². The van der Waals surface area contributed by atoms with Gasteiger partial charge in [0.25, 0.3) is 0 Å². The van der Waals surface area contributed by atoms with Gasteiger partial charge in [-0.25, -0.2) is 9.59 Å². The zero-order chi connectivity index (χ0) is 20.8. The van der Waals surface area contributed by atoms with Gasteiger partial charge in [0.1, 0.15) is 5.75 Å². The summed E-state index contributed by atoms with van der Waals surface area (Å²) in [6.45, 7) is 0. The lowest BCUT2D eigenvalue weighted by Crippen LogP contribution is -2.36. The summed E-state index contributed by atoms with van der Waals surface area (Å²) in [6.07, 6.45) is 0. The molecule has 0 saturated heterocycles. The molecule has 0 aliphatic carbocycles. The third kappa shape index (κ3) is 4.66. The van der Waals surface area contributed by atoms with Crippen molar-refractivity contribution >= 4 is 29.3 Å². The number of hydrogen-bond acceptors (Lipinski definition) is 7. The average Bonchev–Trinajstić information content (AvgIpc) is 3.12. The number of thioether (sulfide) groups is 1. The number of methoxy groups -OCH3 is 2. The first-order valence-corrected chi connectivity index (χ1v) is 9.40. The van der Waals surface area contributed by atoms with Crippen LogP contribution in [0.5, 0.6) is 5.75 Å². The Balaban J connectivity index is 1.72. The van der Waals surface area contributed by atoms with E-state index in [1.807, 2.05) is 0 Å². The highest BCUT2D eigenvalue weighted by Gasteiger charge is 2.25. The Morgan fingerprint density at radius 1 is 1.14 bits per heavy atom. The van der Waals surface area contributed by atoms with Crippen LogP contribution in [-0.2, 0) is 9.53 Å². The van der Waals surface area contributed by atoms with Crippen LogP contribution in [-0.4, -0.2) is 37.1 Å². The molecule has 29 heavy (non-hydrogen) atoms. The van der Waals surface area contributed by atoms with E-state index in [9.17, 15) is 14.4 Å². The van der Waals surface area contributed by atoms with E-state index in [0.29, 0.717) is 17.1 Å². The first kappa shape index (κ1) is 20.2. The maximum absolute atomic E-state index is 12.4. The molecule has 9 nitrogen and oxygen atoms in total. The van der Waals surface area contributed by atoms with E-state index < -0.39 is 17.5 Å². The van der Waals surface area contributed by atoms with E-state index in [2.05, 4.69) is 10.6 Å². The summed E-state index contributed by atoms with van der Waals surface area (Å²) >= 11 is 0.998. The standard InChI is InChI=1S/C19H17N3O6S/c1-26-13-9-7-12(8-10-13)22-17(19(25)28-21-22)29-11-16(23)20-15-6-4-3-5-14(15)18(24)27-2/h3-10H,11H2,1-2H3,(H-,20,21,23,24,25)/p+1.